The molecule has 0 aliphatic rings. The van der Waals surface area contributed by atoms with Gasteiger partial charge in [-0.25, -0.2) is 0 Å². The molecule has 2 heterocycles. The van der Waals surface area contributed by atoms with E-state index in [1.165, 1.54) is 20.9 Å². The minimum atomic E-state index is -2.00. The summed E-state index contributed by atoms with van der Waals surface area (Å²) in [7, 11) is 0. The molecular formula is C31H26GeN2O. The third kappa shape index (κ3) is 4.06. The second-order valence-corrected chi connectivity index (χ2v) is 20.6. The first-order valence-electron chi connectivity index (χ1n) is 11.9. The van der Waals surface area contributed by atoms with Crippen molar-refractivity contribution in [2.45, 2.75) is 17.3 Å². The quantitative estimate of drug-likeness (QED) is 0.224. The molecule has 0 radical (unpaired) electrons. The van der Waals surface area contributed by atoms with Gasteiger partial charge in [0.1, 0.15) is 0 Å². The third-order valence-corrected chi connectivity index (χ3v) is 10.8. The van der Waals surface area contributed by atoms with Gasteiger partial charge in [0, 0.05) is 0 Å². The average molecular weight is 515 g/mol. The van der Waals surface area contributed by atoms with E-state index in [1.807, 2.05) is 42.5 Å². The number of hydrogen-bond donors (Lipinski definition) is 0. The fourth-order valence-corrected chi connectivity index (χ4v) is 6.98. The van der Waals surface area contributed by atoms with Gasteiger partial charge in [-0.1, -0.05) is 18.2 Å². The predicted molar refractivity (Wildman–Crippen MR) is 149 cm³/mol. The van der Waals surface area contributed by atoms with Crippen molar-refractivity contribution in [3.05, 3.63) is 103 Å². The molecular weight excluding hydrogens is 489 g/mol. The molecule has 170 valence electrons. The fourth-order valence-electron chi connectivity index (χ4n) is 4.55. The molecule has 6 rings (SSSR count). The van der Waals surface area contributed by atoms with Crippen LogP contribution in [0.2, 0.25) is 17.3 Å². The topological polar surface area (TPSA) is 38.9 Å². The zero-order chi connectivity index (χ0) is 24.0. The van der Waals surface area contributed by atoms with Gasteiger partial charge in [0.2, 0.25) is 0 Å². The van der Waals surface area contributed by atoms with E-state index < -0.39 is 13.3 Å². The Morgan fingerprint density at radius 2 is 1.34 bits per heavy atom. The van der Waals surface area contributed by atoms with E-state index in [4.69, 9.17) is 14.4 Å². The summed E-state index contributed by atoms with van der Waals surface area (Å²) in [6.45, 7) is 0. The van der Waals surface area contributed by atoms with Crippen molar-refractivity contribution >= 4 is 39.7 Å². The number of fused-ring (bicyclic) bond motifs is 2. The second-order valence-electron chi connectivity index (χ2n) is 9.94. The van der Waals surface area contributed by atoms with Gasteiger partial charge in [0.25, 0.3) is 0 Å². The molecule has 6 aromatic rings. The molecule has 0 aliphatic heterocycles. The Hall–Kier alpha value is -3.70. The standard InChI is InChI=1S/C31H26GeN2O/c1-32(2,3)23-17-18-27-26(19-23)25(21-11-6-4-7-12-21)20-28(33-27)24-15-10-16-29-30(24)34-31(35-29)22-13-8-5-9-14-22/h4-20H,1-3H3. The zero-order valence-electron chi connectivity index (χ0n) is 20.1. The van der Waals surface area contributed by atoms with Crippen molar-refractivity contribution in [2.24, 2.45) is 0 Å². The number of pyridine rings is 1. The Kier molecular flexibility index (Phi) is 5.30. The summed E-state index contributed by atoms with van der Waals surface area (Å²) in [5, 5.41) is 1.20. The molecule has 3 nitrogen and oxygen atoms in total. The maximum absolute atomic E-state index is 6.14. The van der Waals surface area contributed by atoms with Crippen LogP contribution in [0.5, 0.6) is 0 Å². The van der Waals surface area contributed by atoms with Gasteiger partial charge >= 0.3 is 190 Å². The normalized spacial score (nSPS) is 11.9. The molecule has 0 N–H and O–H groups in total. The Bertz CT molecular complexity index is 1670. The minimum absolute atomic E-state index is 0.624. The molecule has 0 spiro atoms. The number of oxazole rings is 1. The van der Waals surface area contributed by atoms with Crippen LogP contribution in [-0.2, 0) is 0 Å². The van der Waals surface area contributed by atoms with Crippen LogP contribution < -0.4 is 4.40 Å². The van der Waals surface area contributed by atoms with E-state index in [-0.39, 0.29) is 0 Å². The molecule has 4 aromatic carbocycles. The molecule has 0 saturated heterocycles. The molecule has 0 saturated carbocycles. The van der Waals surface area contributed by atoms with E-state index in [0.717, 1.165) is 33.4 Å². The van der Waals surface area contributed by atoms with Gasteiger partial charge < -0.3 is 0 Å². The molecule has 0 bridgehead atoms. The Balaban J connectivity index is 1.60. The first-order chi connectivity index (χ1) is 17.0. The summed E-state index contributed by atoms with van der Waals surface area (Å²) < 4.78 is 7.62. The van der Waals surface area contributed by atoms with Crippen LogP contribution >= 0.6 is 0 Å². The van der Waals surface area contributed by atoms with Crippen LogP contribution in [-0.4, -0.2) is 23.2 Å². The van der Waals surface area contributed by atoms with Crippen LogP contribution in [0.4, 0.5) is 0 Å². The maximum atomic E-state index is 6.14. The van der Waals surface area contributed by atoms with E-state index in [9.17, 15) is 0 Å². The zero-order valence-corrected chi connectivity index (χ0v) is 22.2. The summed E-state index contributed by atoms with van der Waals surface area (Å²) >= 11 is -2.00. The Morgan fingerprint density at radius 1 is 0.629 bits per heavy atom. The van der Waals surface area contributed by atoms with Crippen molar-refractivity contribution in [3.63, 3.8) is 0 Å². The number of aromatic nitrogens is 2. The SMILES string of the molecule is [CH3][Ge]([CH3])([CH3])[c]1ccc2nc(-c3cccc4oc(-c5ccccc5)nc34)cc(-c3ccccc3)c2c1. The van der Waals surface area contributed by atoms with Gasteiger partial charge in [-0.2, -0.15) is 0 Å². The summed E-state index contributed by atoms with van der Waals surface area (Å²) in [5.41, 5.74) is 7.83. The molecule has 0 atom stereocenters. The number of para-hydroxylation sites is 1. The first kappa shape index (κ1) is 21.8. The monoisotopic (exact) mass is 516 g/mol. The molecule has 0 unspecified atom stereocenters. The number of nitrogens with zero attached hydrogens (tertiary/aromatic N) is 2. The van der Waals surface area contributed by atoms with Crippen LogP contribution in [0.15, 0.2) is 108 Å². The van der Waals surface area contributed by atoms with Crippen molar-refractivity contribution < 1.29 is 4.42 Å². The summed E-state index contributed by atoms with van der Waals surface area (Å²) in [6.07, 6.45) is 0. The molecule has 0 fully saturated rings. The van der Waals surface area contributed by atoms with Gasteiger partial charge in [-0.05, 0) is 0 Å². The Morgan fingerprint density at radius 3 is 2.06 bits per heavy atom. The number of benzene rings is 4. The van der Waals surface area contributed by atoms with Crippen LogP contribution in [0.3, 0.4) is 0 Å². The van der Waals surface area contributed by atoms with Gasteiger partial charge in [-0.3, -0.25) is 0 Å². The van der Waals surface area contributed by atoms with E-state index >= 15 is 0 Å². The van der Waals surface area contributed by atoms with Crippen molar-refractivity contribution in [2.75, 3.05) is 0 Å². The van der Waals surface area contributed by atoms with E-state index in [1.54, 1.807) is 0 Å². The summed E-state index contributed by atoms with van der Waals surface area (Å²) in [5.74, 6) is 7.92. The van der Waals surface area contributed by atoms with Crippen molar-refractivity contribution in [1.29, 1.82) is 0 Å². The van der Waals surface area contributed by atoms with Gasteiger partial charge in [0.15, 0.2) is 0 Å². The Labute approximate surface area is 207 Å². The van der Waals surface area contributed by atoms with Crippen molar-refractivity contribution in [3.8, 4) is 33.8 Å². The molecule has 0 amide bonds. The summed E-state index contributed by atoms with van der Waals surface area (Å²) in [6, 6.07) is 35.7. The van der Waals surface area contributed by atoms with E-state index in [0.29, 0.717) is 5.89 Å². The third-order valence-electron chi connectivity index (χ3n) is 6.48. The average Bonchev–Trinajstić information content (AvgIpc) is 3.33. The second kappa shape index (κ2) is 8.51. The van der Waals surface area contributed by atoms with E-state index in [2.05, 4.69) is 77.9 Å². The number of rotatable bonds is 4. The molecule has 35 heavy (non-hydrogen) atoms. The summed E-state index contributed by atoms with van der Waals surface area (Å²) in [4.78, 5) is 10.0. The van der Waals surface area contributed by atoms with Crippen molar-refractivity contribution in [1.82, 2.24) is 9.97 Å². The van der Waals surface area contributed by atoms with Crippen LogP contribution in [0, 0.1) is 0 Å². The molecule has 4 heteroatoms. The molecule has 0 aliphatic carbocycles. The van der Waals surface area contributed by atoms with Crippen LogP contribution in [0.1, 0.15) is 0 Å². The predicted octanol–water partition coefficient (Wildman–Crippen LogP) is 7.92. The van der Waals surface area contributed by atoms with Gasteiger partial charge in [0.05, 0.1) is 0 Å². The first-order valence-corrected chi connectivity index (χ1v) is 19.3. The number of hydrogen-bond acceptors (Lipinski definition) is 3. The molecule has 2 aromatic heterocycles. The fraction of sp³-hybridized carbons (Fsp3) is 0.0968. The van der Waals surface area contributed by atoms with Crippen LogP contribution in [0.25, 0.3) is 55.8 Å². The van der Waals surface area contributed by atoms with Gasteiger partial charge in [-0.15, -0.1) is 0 Å².